The molecule has 1 aliphatic rings. The Labute approximate surface area is 171 Å². The molecule has 3 rings (SSSR count). The van der Waals surface area contributed by atoms with Gasteiger partial charge in [0.05, 0.1) is 5.92 Å². The van der Waals surface area contributed by atoms with Crippen LogP contribution in [-0.2, 0) is 22.4 Å². The van der Waals surface area contributed by atoms with E-state index in [9.17, 15) is 14.7 Å². The number of fused-ring (bicyclic) bond motifs is 1. The van der Waals surface area contributed by atoms with Gasteiger partial charge in [0.2, 0.25) is 0 Å². The highest BCUT2D eigenvalue weighted by atomic mass is 16.4. The second-order valence-corrected chi connectivity index (χ2v) is 7.58. The van der Waals surface area contributed by atoms with Crippen LogP contribution in [0.2, 0.25) is 0 Å². The number of aromatic nitrogens is 3. The van der Waals surface area contributed by atoms with Crippen molar-refractivity contribution in [1.82, 2.24) is 15.0 Å². The number of pyridine rings is 1. The van der Waals surface area contributed by atoms with Crippen molar-refractivity contribution < 1.29 is 14.7 Å². The Morgan fingerprint density at radius 2 is 1.97 bits per heavy atom. The Bertz CT molecular complexity index is 852. The standard InChI is InChI=1S/C22H28N4O3/c1-15-24-13-17(14-25-15)20(22(28)29)11-10-19(27)7-3-2-6-18-9-8-16-5-4-12-23-21(16)26-18/h8-9,13-14,20H,2-7,10-12H2,1H3,(H,23,26)(H,28,29). The Balaban J connectivity index is 1.40. The zero-order valence-electron chi connectivity index (χ0n) is 16.9. The molecule has 0 saturated carbocycles. The van der Waals surface area contributed by atoms with Gasteiger partial charge in [-0.3, -0.25) is 9.59 Å². The number of nitrogens with one attached hydrogen (secondary N) is 1. The number of hydrogen-bond donors (Lipinski definition) is 2. The predicted molar refractivity (Wildman–Crippen MR) is 110 cm³/mol. The predicted octanol–water partition coefficient (Wildman–Crippen LogP) is 3.47. The van der Waals surface area contributed by atoms with Crippen molar-refractivity contribution in [2.75, 3.05) is 11.9 Å². The van der Waals surface area contributed by atoms with E-state index in [0.717, 1.165) is 50.2 Å². The van der Waals surface area contributed by atoms with E-state index in [-0.39, 0.29) is 18.6 Å². The van der Waals surface area contributed by atoms with Crippen LogP contribution >= 0.6 is 0 Å². The fraction of sp³-hybridized carbons (Fsp3) is 0.500. The third-order valence-electron chi connectivity index (χ3n) is 5.30. The lowest BCUT2D eigenvalue weighted by atomic mass is 9.94. The highest BCUT2D eigenvalue weighted by Crippen LogP contribution is 2.22. The van der Waals surface area contributed by atoms with Gasteiger partial charge in [0.1, 0.15) is 17.4 Å². The number of aliphatic carboxylic acids is 1. The lowest BCUT2D eigenvalue weighted by Gasteiger charge is -2.17. The van der Waals surface area contributed by atoms with Crippen LogP contribution in [0.1, 0.15) is 67.1 Å². The summed E-state index contributed by atoms with van der Waals surface area (Å²) in [4.78, 5) is 36.5. The molecule has 1 unspecified atom stereocenters. The van der Waals surface area contributed by atoms with Crippen LogP contribution in [0.5, 0.6) is 0 Å². The summed E-state index contributed by atoms with van der Waals surface area (Å²) in [5.74, 6) is 0.0104. The van der Waals surface area contributed by atoms with Crippen molar-refractivity contribution in [2.24, 2.45) is 0 Å². The quantitative estimate of drug-likeness (QED) is 0.592. The Kier molecular flexibility index (Phi) is 7.27. The van der Waals surface area contributed by atoms with Gasteiger partial charge < -0.3 is 10.4 Å². The molecule has 29 heavy (non-hydrogen) atoms. The van der Waals surface area contributed by atoms with E-state index >= 15 is 0 Å². The molecule has 0 radical (unpaired) electrons. The van der Waals surface area contributed by atoms with Crippen molar-refractivity contribution in [3.05, 3.63) is 47.2 Å². The molecule has 154 valence electrons. The summed E-state index contributed by atoms with van der Waals surface area (Å²) < 4.78 is 0. The van der Waals surface area contributed by atoms with Gasteiger partial charge in [-0.25, -0.2) is 15.0 Å². The van der Waals surface area contributed by atoms with E-state index in [4.69, 9.17) is 0 Å². The van der Waals surface area contributed by atoms with E-state index in [1.54, 1.807) is 6.92 Å². The zero-order valence-corrected chi connectivity index (χ0v) is 16.9. The Morgan fingerprint density at radius 1 is 1.17 bits per heavy atom. The molecule has 0 aromatic carbocycles. The second-order valence-electron chi connectivity index (χ2n) is 7.58. The number of hydrogen-bond acceptors (Lipinski definition) is 6. The van der Waals surface area contributed by atoms with Gasteiger partial charge in [-0.05, 0) is 57.1 Å². The highest BCUT2D eigenvalue weighted by Gasteiger charge is 2.21. The molecule has 2 aromatic heterocycles. The SMILES string of the molecule is Cc1ncc(C(CCC(=O)CCCCc2ccc3c(n2)NCCC3)C(=O)O)cn1. The number of carboxylic acid groups (broad SMARTS) is 1. The topological polar surface area (TPSA) is 105 Å². The van der Waals surface area contributed by atoms with Crippen LogP contribution in [0.4, 0.5) is 5.82 Å². The average molecular weight is 396 g/mol. The zero-order chi connectivity index (χ0) is 20.6. The van der Waals surface area contributed by atoms with E-state index in [1.165, 1.54) is 18.0 Å². The molecular weight excluding hydrogens is 368 g/mol. The molecule has 0 aliphatic carbocycles. The van der Waals surface area contributed by atoms with Crippen molar-refractivity contribution >= 4 is 17.6 Å². The number of carbonyl (C=O) groups excluding carboxylic acids is 1. The van der Waals surface area contributed by atoms with E-state index < -0.39 is 11.9 Å². The number of rotatable bonds is 10. The fourth-order valence-corrected chi connectivity index (χ4v) is 3.58. The third kappa shape index (κ3) is 6.07. The molecule has 7 nitrogen and oxygen atoms in total. The summed E-state index contributed by atoms with van der Waals surface area (Å²) in [5.41, 5.74) is 2.88. The minimum Gasteiger partial charge on any atom is -0.481 e. The molecule has 0 saturated heterocycles. The number of Topliss-reactive ketones (excluding diaryl/α,β-unsaturated/α-hetero) is 1. The lowest BCUT2D eigenvalue weighted by molar-refractivity contribution is -0.139. The number of unbranched alkanes of at least 4 members (excludes halogenated alkanes) is 1. The fourth-order valence-electron chi connectivity index (χ4n) is 3.58. The van der Waals surface area contributed by atoms with Crippen LogP contribution in [-0.4, -0.2) is 38.4 Å². The molecule has 3 heterocycles. The van der Waals surface area contributed by atoms with Gasteiger partial charge in [-0.1, -0.05) is 6.07 Å². The van der Waals surface area contributed by atoms with Crippen molar-refractivity contribution in [3.63, 3.8) is 0 Å². The second kappa shape index (κ2) is 10.1. The van der Waals surface area contributed by atoms with Crippen LogP contribution in [0, 0.1) is 6.92 Å². The molecule has 0 bridgehead atoms. The molecular formula is C22H28N4O3. The first-order valence-electron chi connectivity index (χ1n) is 10.3. The van der Waals surface area contributed by atoms with Gasteiger partial charge in [-0.15, -0.1) is 0 Å². The van der Waals surface area contributed by atoms with Crippen LogP contribution in [0.3, 0.4) is 0 Å². The maximum atomic E-state index is 12.2. The molecule has 1 atom stereocenters. The Hall–Kier alpha value is -2.83. The molecule has 0 amide bonds. The number of carboxylic acids is 1. The highest BCUT2D eigenvalue weighted by molar-refractivity contribution is 5.80. The number of aryl methyl sites for hydroxylation is 3. The smallest absolute Gasteiger partial charge is 0.311 e. The maximum Gasteiger partial charge on any atom is 0.311 e. The van der Waals surface area contributed by atoms with Gasteiger partial charge >= 0.3 is 5.97 Å². The molecule has 0 fully saturated rings. The van der Waals surface area contributed by atoms with E-state index in [2.05, 4.69) is 32.4 Å². The molecule has 0 spiro atoms. The summed E-state index contributed by atoms with van der Waals surface area (Å²) in [7, 11) is 0. The van der Waals surface area contributed by atoms with E-state index in [0.29, 0.717) is 17.8 Å². The summed E-state index contributed by atoms with van der Waals surface area (Å²) in [6.07, 6.45) is 8.83. The van der Waals surface area contributed by atoms with Gasteiger partial charge in [0.25, 0.3) is 0 Å². The molecule has 2 aromatic rings. The normalized spacial score (nSPS) is 14.0. The first-order valence-corrected chi connectivity index (χ1v) is 10.3. The molecule has 2 N–H and O–H groups in total. The van der Waals surface area contributed by atoms with Crippen molar-refractivity contribution in [1.29, 1.82) is 0 Å². The van der Waals surface area contributed by atoms with Gasteiger partial charge in [-0.2, -0.15) is 0 Å². The maximum absolute atomic E-state index is 12.2. The van der Waals surface area contributed by atoms with E-state index in [1.807, 2.05) is 0 Å². The van der Waals surface area contributed by atoms with Crippen LogP contribution < -0.4 is 5.32 Å². The van der Waals surface area contributed by atoms with Crippen LogP contribution in [0.25, 0.3) is 0 Å². The van der Waals surface area contributed by atoms with Crippen molar-refractivity contribution in [3.8, 4) is 0 Å². The largest absolute Gasteiger partial charge is 0.481 e. The van der Waals surface area contributed by atoms with Crippen LogP contribution in [0.15, 0.2) is 24.5 Å². The summed E-state index contributed by atoms with van der Waals surface area (Å²) in [6.45, 7) is 2.73. The minimum atomic E-state index is -0.947. The average Bonchev–Trinajstić information content (AvgIpc) is 2.72. The summed E-state index contributed by atoms with van der Waals surface area (Å²) in [6, 6.07) is 4.23. The van der Waals surface area contributed by atoms with Gasteiger partial charge in [0.15, 0.2) is 0 Å². The first-order chi connectivity index (χ1) is 14.0. The minimum absolute atomic E-state index is 0.101. The third-order valence-corrected chi connectivity index (χ3v) is 5.30. The Morgan fingerprint density at radius 3 is 2.72 bits per heavy atom. The van der Waals surface area contributed by atoms with Gasteiger partial charge in [0, 0.05) is 43.0 Å². The monoisotopic (exact) mass is 396 g/mol. The first kappa shape index (κ1) is 20.9. The number of ketones is 1. The summed E-state index contributed by atoms with van der Waals surface area (Å²) >= 11 is 0. The summed E-state index contributed by atoms with van der Waals surface area (Å²) in [5, 5.41) is 12.8. The number of nitrogens with zero attached hydrogens (tertiary/aromatic N) is 3. The number of carbonyl (C=O) groups is 2. The van der Waals surface area contributed by atoms with Crippen molar-refractivity contribution in [2.45, 2.75) is 64.2 Å². The molecule has 7 heteroatoms. The molecule has 1 aliphatic heterocycles. The number of anilines is 1. The lowest BCUT2D eigenvalue weighted by Crippen LogP contribution is -2.14.